The van der Waals surface area contributed by atoms with Gasteiger partial charge >= 0.3 is 0 Å². The van der Waals surface area contributed by atoms with Crippen LogP contribution in [0.4, 0.5) is 0 Å². The van der Waals surface area contributed by atoms with Gasteiger partial charge in [-0.3, -0.25) is 4.79 Å². The van der Waals surface area contributed by atoms with Crippen LogP contribution in [0.5, 0.6) is 0 Å². The number of rotatable bonds is 5. The minimum absolute atomic E-state index is 0.0400. The number of nitrogens with zero attached hydrogens (tertiary/aromatic N) is 1. The van der Waals surface area contributed by atoms with Crippen molar-refractivity contribution in [2.75, 3.05) is 0 Å². The van der Waals surface area contributed by atoms with E-state index in [1.165, 1.54) is 25.7 Å². The minimum Gasteiger partial charge on any atom is -0.444 e. The second-order valence-electron chi connectivity index (χ2n) is 7.38. The fourth-order valence-electron chi connectivity index (χ4n) is 4.58. The van der Waals surface area contributed by atoms with Crippen LogP contribution < -0.4 is 5.32 Å². The number of hydrogen-bond donors (Lipinski definition) is 1. The third-order valence-corrected chi connectivity index (χ3v) is 5.74. The van der Waals surface area contributed by atoms with Crippen LogP contribution >= 0.6 is 0 Å². The molecule has 1 aromatic heterocycles. The van der Waals surface area contributed by atoms with E-state index in [4.69, 9.17) is 4.42 Å². The van der Waals surface area contributed by atoms with Gasteiger partial charge in [0.2, 0.25) is 11.8 Å². The van der Waals surface area contributed by atoms with Crippen LogP contribution in [-0.2, 0) is 11.2 Å². The third kappa shape index (κ3) is 3.10. The minimum atomic E-state index is 0.0400. The summed E-state index contributed by atoms with van der Waals surface area (Å²) in [6.07, 6.45) is 7.26. The van der Waals surface area contributed by atoms with E-state index in [1.807, 2.05) is 30.3 Å². The predicted octanol–water partition coefficient (Wildman–Crippen LogP) is 3.83. The number of carbonyl (C=O) groups excluding carboxylic acids is 1. The molecule has 2 saturated carbocycles. The maximum Gasteiger partial charge on any atom is 0.226 e. The summed E-state index contributed by atoms with van der Waals surface area (Å²) in [6.45, 7) is 2.15. The molecular formula is C20H24N2O2. The number of hydrogen-bond acceptors (Lipinski definition) is 3. The normalized spacial score (nSPS) is 26.5. The summed E-state index contributed by atoms with van der Waals surface area (Å²) in [7, 11) is 0. The summed E-state index contributed by atoms with van der Waals surface area (Å²) < 4.78 is 5.51. The highest BCUT2D eigenvalue weighted by Crippen LogP contribution is 2.49. The van der Waals surface area contributed by atoms with Gasteiger partial charge in [-0.05, 0) is 56.1 Å². The molecule has 1 amide bonds. The number of carbonyl (C=O) groups is 1. The van der Waals surface area contributed by atoms with Crippen LogP contribution in [0, 0.1) is 17.8 Å². The quantitative estimate of drug-likeness (QED) is 0.909. The summed E-state index contributed by atoms with van der Waals surface area (Å²) in [4.78, 5) is 16.8. The molecule has 0 saturated heterocycles. The first-order valence-electron chi connectivity index (χ1n) is 8.98. The van der Waals surface area contributed by atoms with E-state index < -0.39 is 0 Å². The van der Waals surface area contributed by atoms with Crippen molar-refractivity contribution in [3.8, 4) is 11.5 Å². The van der Waals surface area contributed by atoms with Crippen molar-refractivity contribution in [3.63, 3.8) is 0 Å². The summed E-state index contributed by atoms with van der Waals surface area (Å²) in [5.41, 5.74) is 1.62. The first-order valence-corrected chi connectivity index (χ1v) is 8.98. The second kappa shape index (κ2) is 6.42. The lowest BCUT2D eigenvalue weighted by Crippen LogP contribution is -2.40. The summed E-state index contributed by atoms with van der Waals surface area (Å²) in [6, 6.07) is 10.0. The Morgan fingerprint density at radius 2 is 2.12 bits per heavy atom. The molecule has 4 heteroatoms. The molecule has 2 aliphatic carbocycles. The molecule has 2 bridgehead atoms. The van der Waals surface area contributed by atoms with Crippen LogP contribution in [0.25, 0.3) is 11.5 Å². The Morgan fingerprint density at radius 3 is 2.83 bits per heavy atom. The van der Waals surface area contributed by atoms with Crippen molar-refractivity contribution in [2.24, 2.45) is 17.8 Å². The van der Waals surface area contributed by atoms with Crippen LogP contribution in [0.2, 0.25) is 0 Å². The largest absolute Gasteiger partial charge is 0.444 e. The van der Waals surface area contributed by atoms with E-state index in [1.54, 1.807) is 6.26 Å². The molecule has 0 aliphatic heterocycles. The number of aromatic nitrogens is 1. The average molecular weight is 324 g/mol. The molecule has 4 nitrogen and oxygen atoms in total. The maximum absolute atomic E-state index is 12.3. The highest BCUT2D eigenvalue weighted by Gasteiger charge is 2.42. The van der Waals surface area contributed by atoms with E-state index in [0.29, 0.717) is 17.5 Å². The van der Waals surface area contributed by atoms with Gasteiger partial charge in [0.15, 0.2) is 0 Å². The first kappa shape index (κ1) is 15.4. The van der Waals surface area contributed by atoms with E-state index in [9.17, 15) is 4.79 Å². The number of amides is 1. The van der Waals surface area contributed by atoms with Gasteiger partial charge in [0.1, 0.15) is 6.26 Å². The van der Waals surface area contributed by atoms with Crippen molar-refractivity contribution < 1.29 is 9.21 Å². The average Bonchev–Trinajstić information content (AvgIpc) is 3.32. The van der Waals surface area contributed by atoms with Gasteiger partial charge in [-0.1, -0.05) is 24.6 Å². The van der Waals surface area contributed by atoms with Gasteiger partial charge in [0.05, 0.1) is 12.1 Å². The SMILES string of the molecule is C[C@H](NC(=O)Cc1coc(-c2ccccc2)n1)[C@H]1C[C@@H]2CC[C@@H]1C2. The molecule has 126 valence electrons. The second-order valence-corrected chi connectivity index (χ2v) is 7.38. The van der Waals surface area contributed by atoms with Crippen molar-refractivity contribution >= 4 is 5.91 Å². The zero-order chi connectivity index (χ0) is 16.5. The summed E-state index contributed by atoms with van der Waals surface area (Å²) in [5, 5.41) is 3.18. The fraction of sp³-hybridized carbons (Fsp3) is 0.500. The highest BCUT2D eigenvalue weighted by molar-refractivity contribution is 5.78. The van der Waals surface area contributed by atoms with Crippen molar-refractivity contribution in [1.82, 2.24) is 10.3 Å². The molecule has 0 spiro atoms. The van der Waals surface area contributed by atoms with Crippen molar-refractivity contribution in [1.29, 1.82) is 0 Å². The van der Waals surface area contributed by atoms with Gasteiger partial charge in [0.25, 0.3) is 0 Å². The summed E-state index contributed by atoms with van der Waals surface area (Å²) >= 11 is 0. The van der Waals surface area contributed by atoms with Gasteiger partial charge in [-0.2, -0.15) is 0 Å². The van der Waals surface area contributed by atoms with Crippen LogP contribution in [0.3, 0.4) is 0 Å². The Hall–Kier alpha value is -2.10. The number of benzene rings is 1. The van der Waals surface area contributed by atoms with Gasteiger partial charge in [-0.25, -0.2) is 4.98 Å². The van der Waals surface area contributed by atoms with Gasteiger partial charge in [0, 0.05) is 11.6 Å². The Labute approximate surface area is 142 Å². The van der Waals surface area contributed by atoms with E-state index in [2.05, 4.69) is 17.2 Å². The molecule has 1 heterocycles. The van der Waals surface area contributed by atoms with Crippen LogP contribution in [-0.4, -0.2) is 16.9 Å². The third-order valence-electron chi connectivity index (χ3n) is 5.74. The fourth-order valence-corrected chi connectivity index (χ4v) is 4.58. The van der Waals surface area contributed by atoms with E-state index in [0.717, 1.165) is 17.4 Å². The van der Waals surface area contributed by atoms with Crippen LogP contribution in [0.15, 0.2) is 41.0 Å². The molecule has 1 N–H and O–H groups in total. The first-order chi connectivity index (χ1) is 11.7. The van der Waals surface area contributed by atoms with Crippen LogP contribution in [0.1, 0.15) is 38.3 Å². The Bertz CT molecular complexity index is 709. The standard InChI is InChI=1S/C20H24N2O2/c1-13(18-10-14-7-8-16(18)9-14)21-19(23)11-17-12-24-20(22-17)15-5-3-2-4-6-15/h2-6,12-14,16,18H,7-11H2,1H3,(H,21,23)/t13-,14+,16+,18+/m0/s1. The van der Waals surface area contributed by atoms with Crippen molar-refractivity contribution in [2.45, 2.75) is 45.1 Å². The molecular weight excluding hydrogens is 300 g/mol. The van der Waals surface area contributed by atoms with Crippen molar-refractivity contribution in [3.05, 3.63) is 42.3 Å². The van der Waals surface area contributed by atoms with Gasteiger partial charge in [-0.15, -0.1) is 0 Å². The molecule has 2 aliphatic rings. The Kier molecular flexibility index (Phi) is 4.13. The molecule has 4 atom stereocenters. The molecule has 2 fully saturated rings. The highest BCUT2D eigenvalue weighted by atomic mass is 16.3. The zero-order valence-corrected chi connectivity index (χ0v) is 14.1. The number of oxazole rings is 1. The zero-order valence-electron chi connectivity index (χ0n) is 14.1. The smallest absolute Gasteiger partial charge is 0.226 e. The lowest BCUT2D eigenvalue weighted by molar-refractivity contribution is -0.121. The summed E-state index contributed by atoms with van der Waals surface area (Å²) in [5.74, 6) is 2.99. The molecule has 0 unspecified atom stereocenters. The van der Waals surface area contributed by atoms with Gasteiger partial charge < -0.3 is 9.73 Å². The number of fused-ring (bicyclic) bond motifs is 2. The molecule has 4 rings (SSSR count). The molecule has 2 aromatic rings. The van der Waals surface area contributed by atoms with E-state index in [-0.39, 0.29) is 18.4 Å². The molecule has 1 aromatic carbocycles. The topological polar surface area (TPSA) is 55.1 Å². The van der Waals surface area contributed by atoms with E-state index >= 15 is 0 Å². The molecule has 24 heavy (non-hydrogen) atoms. The number of nitrogens with one attached hydrogen (secondary N) is 1. The lowest BCUT2D eigenvalue weighted by atomic mass is 9.84. The molecule has 0 radical (unpaired) electrons. The monoisotopic (exact) mass is 324 g/mol. The Morgan fingerprint density at radius 1 is 1.29 bits per heavy atom. The lowest BCUT2D eigenvalue weighted by Gasteiger charge is -2.28. The maximum atomic E-state index is 12.3. The predicted molar refractivity (Wildman–Crippen MR) is 92.2 cm³/mol. The Balaban J connectivity index is 1.34.